The van der Waals surface area contributed by atoms with Crippen LogP contribution in [0.5, 0.6) is 0 Å². The number of rotatable bonds is 5. The van der Waals surface area contributed by atoms with Gasteiger partial charge in [-0.3, -0.25) is 4.79 Å². The Morgan fingerprint density at radius 1 is 1.59 bits per heavy atom. The first-order valence-corrected chi connectivity index (χ1v) is 5.56. The van der Waals surface area contributed by atoms with Crippen molar-refractivity contribution in [2.75, 3.05) is 30.8 Å². The van der Waals surface area contributed by atoms with Crippen molar-refractivity contribution in [3.05, 3.63) is 11.2 Å². The Balaban J connectivity index is 2.75. The third-order valence-corrected chi connectivity index (χ3v) is 2.41. The van der Waals surface area contributed by atoms with E-state index in [0.29, 0.717) is 18.9 Å². The minimum atomic E-state index is -0.267. The van der Waals surface area contributed by atoms with Gasteiger partial charge >= 0.3 is 5.97 Å². The molecule has 6 nitrogen and oxygen atoms in total. The van der Waals surface area contributed by atoms with E-state index in [1.165, 1.54) is 7.11 Å². The maximum atomic E-state index is 11.1. The van der Waals surface area contributed by atoms with Gasteiger partial charge in [0, 0.05) is 19.2 Å². The van der Waals surface area contributed by atoms with E-state index in [9.17, 15) is 4.79 Å². The highest BCUT2D eigenvalue weighted by Gasteiger charge is 2.10. The smallest absolute Gasteiger partial charge is 0.307 e. The van der Waals surface area contributed by atoms with Crippen molar-refractivity contribution in [2.24, 2.45) is 0 Å². The van der Waals surface area contributed by atoms with Gasteiger partial charge in [-0.1, -0.05) is 11.6 Å². The fourth-order valence-corrected chi connectivity index (χ4v) is 1.53. The molecule has 1 heterocycles. The van der Waals surface area contributed by atoms with Crippen molar-refractivity contribution in [1.29, 1.82) is 0 Å². The Hall–Kier alpha value is -1.56. The van der Waals surface area contributed by atoms with E-state index in [1.54, 1.807) is 6.07 Å². The van der Waals surface area contributed by atoms with Gasteiger partial charge in [0.05, 0.1) is 13.5 Å². The van der Waals surface area contributed by atoms with Gasteiger partial charge in [-0.25, -0.2) is 4.98 Å². The van der Waals surface area contributed by atoms with Gasteiger partial charge in [0.25, 0.3) is 0 Å². The summed E-state index contributed by atoms with van der Waals surface area (Å²) in [6, 6.07) is 1.61. The molecule has 0 unspecified atom stereocenters. The molecule has 17 heavy (non-hydrogen) atoms. The molecule has 0 saturated heterocycles. The Morgan fingerprint density at radius 2 is 2.29 bits per heavy atom. The quantitative estimate of drug-likeness (QED) is 0.629. The summed E-state index contributed by atoms with van der Waals surface area (Å²) in [6.45, 7) is 3.13. The van der Waals surface area contributed by atoms with Gasteiger partial charge in [-0.05, 0) is 6.92 Å². The first-order chi connectivity index (χ1) is 8.06. The number of methoxy groups -OCH3 is 1. The van der Waals surface area contributed by atoms with Gasteiger partial charge in [0.1, 0.15) is 11.0 Å². The van der Waals surface area contributed by atoms with Crippen molar-refractivity contribution >= 4 is 29.3 Å². The summed E-state index contributed by atoms with van der Waals surface area (Å²) >= 11 is 5.79. The molecule has 0 amide bonds. The topological polar surface area (TPSA) is 81.3 Å². The first-order valence-electron chi connectivity index (χ1n) is 5.18. The summed E-state index contributed by atoms with van der Waals surface area (Å²) in [6.07, 6.45) is 0.284. The number of carbonyl (C=O) groups is 1. The van der Waals surface area contributed by atoms with E-state index in [1.807, 2.05) is 11.8 Å². The fourth-order valence-electron chi connectivity index (χ4n) is 1.35. The predicted octanol–water partition coefficient (Wildman–Crippen LogP) is 1.10. The van der Waals surface area contributed by atoms with Crippen LogP contribution in [-0.2, 0) is 9.53 Å². The second-order valence-electron chi connectivity index (χ2n) is 3.31. The lowest BCUT2D eigenvalue weighted by Gasteiger charge is -2.21. The predicted molar refractivity (Wildman–Crippen MR) is 66.0 cm³/mol. The molecule has 2 N–H and O–H groups in total. The van der Waals surface area contributed by atoms with E-state index in [-0.39, 0.29) is 23.5 Å². The highest BCUT2D eigenvalue weighted by Crippen LogP contribution is 2.17. The number of hydrogen-bond acceptors (Lipinski definition) is 6. The molecular weight excluding hydrogens is 244 g/mol. The largest absolute Gasteiger partial charge is 0.469 e. The zero-order chi connectivity index (χ0) is 12.8. The molecule has 0 aromatic carbocycles. The highest BCUT2D eigenvalue weighted by molar-refractivity contribution is 6.29. The number of halogens is 1. The van der Waals surface area contributed by atoms with Crippen LogP contribution < -0.4 is 10.6 Å². The van der Waals surface area contributed by atoms with Crippen LogP contribution in [0.25, 0.3) is 0 Å². The van der Waals surface area contributed by atoms with Crippen molar-refractivity contribution in [2.45, 2.75) is 13.3 Å². The maximum Gasteiger partial charge on any atom is 0.307 e. The number of anilines is 2. The van der Waals surface area contributed by atoms with Gasteiger partial charge in [0.15, 0.2) is 0 Å². The maximum absolute atomic E-state index is 11.1. The average Bonchev–Trinajstić information content (AvgIpc) is 2.28. The molecule has 0 fully saturated rings. The Kier molecular flexibility index (Phi) is 4.96. The zero-order valence-electron chi connectivity index (χ0n) is 9.81. The molecule has 94 valence electrons. The molecule has 0 saturated carbocycles. The number of esters is 1. The molecule has 0 aliphatic rings. The minimum absolute atomic E-state index is 0.115. The molecule has 0 atom stereocenters. The zero-order valence-corrected chi connectivity index (χ0v) is 10.6. The van der Waals surface area contributed by atoms with Crippen molar-refractivity contribution < 1.29 is 9.53 Å². The summed E-state index contributed by atoms with van der Waals surface area (Å²) in [7, 11) is 1.36. The van der Waals surface area contributed by atoms with Gasteiger partial charge in [-0.2, -0.15) is 4.98 Å². The first kappa shape index (κ1) is 13.5. The lowest BCUT2D eigenvalue weighted by Crippen LogP contribution is -2.27. The van der Waals surface area contributed by atoms with Crippen LogP contribution in [0.1, 0.15) is 13.3 Å². The Bertz CT molecular complexity index is 380. The number of nitrogen functional groups attached to an aromatic ring is 1. The van der Waals surface area contributed by atoms with Gasteiger partial charge in [0.2, 0.25) is 5.95 Å². The second kappa shape index (κ2) is 6.24. The summed E-state index contributed by atoms with van der Waals surface area (Å²) in [5, 5.41) is 0.281. The van der Waals surface area contributed by atoms with Crippen molar-refractivity contribution in [3.63, 3.8) is 0 Å². The molecule has 0 bridgehead atoms. The monoisotopic (exact) mass is 258 g/mol. The third-order valence-electron chi connectivity index (χ3n) is 2.22. The van der Waals surface area contributed by atoms with E-state index >= 15 is 0 Å². The van der Waals surface area contributed by atoms with Crippen LogP contribution in [-0.4, -0.2) is 36.1 Å². The van der Waals surface area contributed by atoms with Crippen LogP contribution in [0.4, 0.5) is 11.8 Å². The van der Waals surface area contributed by atoms with E-state index < -0.39 is 0 Å². The summed E-state index contributed by atoms with van der Waals surface area (Å²) < 4.78 is 4.58. The number of carbonyl (C=O) groups excluding carboxylic acids is 1. The number of nitrogens with two attached hydrogens (primary N) is 1. The van der Waals surface area contributed by atoms with E-state index in [0.717, 1.165) is 0 Å². The molecule has 0 aliphatic carbocycles. The number of ether oxygens (including phenoxy) is 1. The molecule has 0 spiro atoms. The lowest BCUT2D eigenvalue weighted by molar-refractivity contribution is -0.140. The fraction of sp³-hybridized carbons (Fsp3) is 0.500. The molecule has 1 rings (SSSR count). The molecular formula is C10H15ClN4O2. The number of aromatic nitrogens is 2. The van der Waals surface area contributed by atoms with Crippen LogP contribution in [0.2, 0.25) is 5.15 Å². The third kappa shape index (κ3) is 4.07. The normalized spacial score (nSPS) is 10.1. The van der Waals surface area contributed by atoms with Crippen LogP contribution in [0, 0.1) is 0 Å². The standard InChI is InChI=1S/C10H15ClN4O2/c1-3-15(5-4-9(16)17-2)8-6-7(11)13-10(12)14-8/h6H,3-5H2,1-2H3,(H2,12,13,14). The summed E-state index contributed by atoms with van der Waals surface area (Å²) in [5.74, 6) is 0.453. The van der Waals surface area contributed by atoms with E-state index in [4.69, 9.17) is 17.3 Å². The van der Waals surface area contributed by atoms with E-state index in [2.05, 4.69) is 14.7 Å². The summed E-state index contributed by atoms with van der Waals surface area (Å²) in [4.78, 5) is 20.8. The molecule has 1 aromatic heterocycles. The van der Waals surface area contributed by atoms with Crippen LogP contribution in [0.15, 0.2) is 6.07 Å². The Labute approximate surface area is 105 Å². The summed E-state index contributed by atoms with van der Waals surface area (Å²) in [5.41, 5.74) is 5.51. The number of hydrogen-bond donors (Lipinski definition) is 1. The molecule has 0 radical (unpaired) electrons. The highest BCUT2D eigenvalue weighted by atomic mass is 35.5. The second-order valence-corrected chi connectivity index (χ2v) is 3.70. The van der Waals surface area contributed by atoms with Gasteiger partial charge in [-0.15, -0.1) is 0 Å². The SMILES string of the molecule is CCN(CCC(=O)OC)c1cc(Cl)nc(N)n1. The number of nitrogens with zero attached hydrogens (tertiary/aromatic N) is 3. The minimum Gasteiger partial charge on any atom is -0.469 e. The Morgan fingerprint density at radius 3 is 2.82 bits per heavy atom. The lowest BCUT2D eigenvalue weighted by atomic mass is 10.3. The average molecular weight is 259 g/mol. The molecule has 1 aromatic rings. The van der Waals surface area contributed by atoms with Crippen molar-refractivity contribution in [1.82, 2.24) is 9.97 Å². The molecule has 0 aliphatic heterocycles. The van der Waals surface area contributed by atoms with Crippen LogP contribution >= 0.6 is 11.6 Å². The van der Waals surface area contributed by atoms with Crippen molar-refractivity contribution in [3.8, 4) is 0 Å². The molecule has 7 heteroatoms. The van der Waals surface area contributed by atoms with Gasteiger partial charge < -0.3 is 15.4 Å². The van der Waals surface area contributed by atoms with Crippen LogP contribution in [0.3, 0.4) is 0 Å².